The molecule has 1 aromatic carbocycles. The van der Waals surface area contributed by atoms with E-state index >= 15 is 0 Å². The lowest BCUT2D eigenvalue weighted by Gasteiger charge is -2.36. The summed E-state index contributed by atoms with van der Waals surface area (Å²) in [7, 11) is 0. The fourth-order valence-corrected chi connectivity index (χ4v) is 4.65. The van der Waals surface area contributed by atoms with Crippen LogP contribution in [0, 0.1) is 0 Å². The molecule has 4 rings (SSSR count). The first kappa shape index (κ1) is 19.1. The molecule has 0 saturated carbocycles. The van der Waals surface area contributed by atoms with Crippen molar-refractivity contribution in [1.82, 2.24) is 14.5 Å². The van der Waals surface area contributed by atoms with E-state index in [2.05, 4.69) is 46.0 Å². The minimum Gasteiger partial charge on any atom is -0.390 e. The van der Waals surface area contributed by atoms with Gasteiger partial charge in [-0.05, 0) is 24.6 Å². The van der Waals surface area contributed by atoms with Gasteiger partial charge in [0.2, 0.25) is 0 Å². The molecule has 2 aromatic heterocycles. The first-order chi connectivity index (χ1) is 13.6. The van der Waals surface area contributed by atoms with E-state index in [-0.39, 0.29) is 12.1 Å². The largest absolute Gasteiger partial charge is 0.390 e. The highest BCUT2D eigenvalue weighted by Gasteiger charge is 2.20. The average molecular weight is 399 g/mol. The Morgan fingerprint density at radius 1 is 1.14 bits per heavy atom. The van der Waals surface area contributed by atoms with Gasteiger partial charge in [0.05, 0.1) is 24.4 Å². The van der Waals surface area contributed by atoms with Crippen LogP contribution < -0.4 is 10.5 Å². The van der Waals surface area contributed by atoms with E-state index in [9.17, 15) is 9.90 Å². The van der Waals surface area contributed by atoms with Gasteiger partial charge >= 0.3 is 0 Å². The predicted molar refractivity (Wildman–Crippen MR) is 114 cm³/mol. The minimum absolute atomic E-state index is 0.0612. The standard InChI is InChI=1S/C21H26N4O2S/c1-2-18-12-19-20(28-18)22-15-25(21(19)27)14-17(26)13-23-8-10-24(11-9-23)16-6-4-3-5-7-16/h3-7,12,15,17,26H,2,8-11,13-14H2,1H3. The highest BCUT2D eigenvalue weighted by atomic mass is 32.1. The normalized spacial score (nSPS) is 16.6. The number of aliphatic hydroxyl groups excluding tert-OH is 1. The Morgan fingerprint density at radius 3 is 2.61 bits per heavy atom. The van der Waals surface area contributed by atoms with Crippen molar-refractivity contribution in [2.75, 3.05) is 37.6 Å². The van der Waals surface area contributed by atoms with Crippen molar-refractivity contribution < 1.29 is 5.11 Å². The molecule has 1 atom stereocenters. The Labute approximate surface area is 168 Å². The molecule has 28 heavy (non-hydrogen) atoms. The molecule has 1 unspecified atom stereocenters. The molecular formula is C21H26N4O2S. The Hall–Kier alpha value is -2.22. The zero-order valence-corrected chi connectivity index (χ0v) is 16.9. The minimum atomic E-state index is -0.593. The van der Waals surface area contributed by atoms with Gasteiger partial charge in [0.15, 0.2) is 0 Å². The molecule has 3 heterocycles. The van der Waals surface area contributed by atoms with E-state index in [0.717, 1.165) is 42.3 Å². The summed E-state index contributed by atoms with van der Waals surface area (Å²) in [6.45, 7) is 6.61. The van der Waals surface area contributed by atoms with E-state index in [1.165, 1.54) is 5.69 Å². The lowest BCUT2D eigenvalue weighted by molar-refractivity contribution is 0.0941. The Balaban J connectivity index is 1.35. The summed E-state index contributed by atoms with van der Waals surface area (Å²) in [5, 5.41) is 11.2. The van der Waals surface area contributed by atoms with Crippen molar-refractivity contribution in [2.24, 2.45) is 0 Å². The molecule has 7 heteroatoms. The number of anilines is 1. The zero-order chi connectivity index (χ0) is 19.5. The summed E-state index contributed by atoms with van der Waals surface area (Å²) in [6.07, 6.45) is 1.87. The van der Waals surface area contributed by atoms with Crippen LogP contribution in [0.2, 0.25) is 0 Å². The van der Waals surface area contributed by atoms with Crippen LogP contribution in [-0.4, -0.2) is 58.4 Å². The summed E-state index contributed by atoms with van der Waals surface area (Å²) in [4.78, 5) is 23.7. The van der Waals surface area contributed by atoms with Crippen LogP contribution in [-0.2, 0) is 13.0 Å². The number of fused-ring (bicyclic) bond motifs is 1. The predicted octanol–water partition coefficient (Wildman–Crippen LogP) is 2.20. The summed E-state index contributed by atoms with van der Waals surface area (Å²) >= 11 is 1.57. The number of hydrogen-bond donors (Lipinski definition) is 1. The Bertz CT molecular complexity index is 977. The lowest BCUT2D eigenvalue weighted by Crippen LogP contribution is -2.49. The first-order valence-corrected chi connectivity index (χ1v) is 10.6. The molecule has 0 spiro atoms. The topological polar surface area (TPSA) is 61.6 Å². The number of thiophene rings is 1. The average Bonchev–Trinajstić information content (AvgIpc) is 3.16. The van der Waals surface area contributed by atoms with Crippen molar-refractivity contribution in [3.8, 4) is 0 Å². The molecule has 1 aliphatic heterocycles. The molecule has 148 valence electrons. The second-order valence-corrected chi connectivity index (χ2v) is 8.38. The SMILES string of the molecule is CCc1cc2c(=O)n(CC(O)CN3CCN(c4ccccc4)CC3)cnc2s1. The molecule has 0 aliphatic carbocycles. The van der Waals surface area contributed by atoms with E-state index < -0.39 is 6.10 Å². The molecule has 0 bridgehead atoms. The van der Waals surface area contributed by atoms with Crippen LogP contribution in [0.15, 0.2) is 47.5 Å². The summed E-state index contributed by atoms with van der Waals surface area (Å²) in [5.74, 6) is 0. The monoisotopic (exact) mass is 398 g/mol. The van der Waals surface area contributed by atoms with Gasteiger partial charge in [0.25, 0.3) is 5.56 Å². The third kappa shape index (κ3) is 4.11. The van der Waals surface area contributed by atoms with Crippen LogP contribution in [0.1, 0.15) is 11.8 Å². The van der Waals surface area contributed by atoms with Gasteiger partial charge < -0.3 is 10.0 Å². The number of para-hydroxylation sites is 1. The van der Waals surface area contributed by atoms with Crippen molar-refractivity contribution >= 4 is 27.2 Å². The maximum atomic E-state index is 12.7. The number of aromatic nitrogens is 2. The van der Waals surface area contributed by atoms with Crippen molar-refractivity contribution in [1.29, 1.82) is 0 Å². The van der Waals surface area contributed by atoms with Crippen LogP contribution >= 0.6 is 11.3 Å². The van der Waals surface area contributed by atoms with E-state index in [1.807, 2.05) is 12.1 Å². The van der Waals surface area contributed by atoms with Gasteiger partial charge in [-0.3, -0.25) is 14.3 Å². The summed E-state index contributed by atoms with van der Waals surface area (Å²) in [6, 6.07) is 12.4. The highest BCUT2D eigenvalue weighted by Crippen LogP contribution is 2.21. The van der Waals surface area contributed by atoms with E-state index in [0.29, 0.717) is 11.9 Å². The van der Waals surface area contributed by atoms with Crippen molar-refractivity contribution in [3.63, 3.8) is 0 Å². The zero-order valence-electron chi connectivity index (χ0n) is 16.1. The maximum Gasteiger partial charge on any atom is 0.262 e. The number of nitrogens with zero attached hydrogens (tertiary/aromatic N) is 4. The molecule has 1 aliphatic rings. The van der Waals surface area contributed by atoms with Gasteiger partial charge in [-0.15, -0.1) is 11.3 Å². The molecule has 0 radical (unpaired) electrons. The molecule has 3 aromatic rings. The number of aryl methyl sites for hydroxylation is 1. The van der Waals surface area contributed by atoms with Crippen molar-refractivity contribution in [3.05, 3.63) is 58.0 Å². The van der Waals surface area contributed by atoms with Gasteiger partial charge in [-0.1, -0.05) is 25.1 Å². The number of benzene rings is 1. The van der Waals surface area contributed by atoms with Crippen LogP contribution in [0.5, 0.6) is 0 Å². The maximum absolute atomic E-state index is 12.7. The fourth-order valence-electron chi connectivity index (χ4n) is 3.72. The van der Waals surface area contributed by atoms with E-state index in [1.54, 1.807) is 22.2 Å². The highest BCUT2D eigenvalue weighted by molar-refractivity contribution is 7.18. The molecule has 0 amide bonds. The van der Waals surface area contributed by atoms with Crippen LogP contribution in [0.4, 0.5) is 5.69 Å². The third-order valence-corrected chi connectivity index (χ3v) is 6.48. The molecular weight excluding hydrogens is 372 g/mol. The summed E-state index contributed by atoms with van der Waals surface area (Å²) < 4.78 is 1.54. The number of rotatable bonds is 6. The van der Waals surface area contributed by atoms with Crippen LogP contribution in [0.25, 0.3) is 10.2 Å². The quantitative estimate of drug-likeness (QED) is 0.690. The second-order valence-electron chi connectivity index (χ2n) is 7.26. The van der Waals surface area contributed by atoms with Gasteiger partial charge in [0.1, 0.15) is 4.83 Å². The van der Waals surface area contributed by atoms with E-state index in [4.69, 9.17) is 0 Å². The lowest BCUT2D eigenvalue weighted by atomic mass is 10.2. The fraction of sp³-hybridized carbons (Fsp3) is 0.429. The van der Waals surface area contributed by atoms with Gasteiger partial charge in [-0.2, -0.15) is 0 Å². The number of piperazine rings is 1. The molecule has 6 nitrogen and oxygen atoms in total. The molecule has 1 N–H and O–H groups in total. The Kier molecular flexibility index (Phi) is 5.75. The second kappa shape index (κ2) is 8.43. The number of aliphatic hydroxyl groups is 1. The number of β-amino-alcohol motifs (C(OH)–C–C–N with tert-alkyl or cyclic N) is 1. The number of hydrogen-bond acceptors (Lipinski definition) is 6. The van der Waals surface area contributed by atoms with Gasteiger partial charge in [0, 0.05) is 43.3 Å². The first-order valence-electron chi connectivity index (χ1n) is 9.82. The van der Waals surface area contributed by atoms with Crippen molar-refractivity contribution in [2.45, 2.75) is 26.0 Å². The molecule has 1 saturated heterocycles. The van der Waals surface area contributed by atoms with Crippen LogP contribution in [0.3, 0.4) is 0 Å². The molecule has 1 fully saturated rings. The van der Waals surface area contributed by atoms with Gasteiger partial charge in [-0.25, -0.2) is 4.98 Å². The Morgan fingerprint density at radius 2 is 1.89 bits per heavy atom. The third-order valence-electron chi connectivity index (χ3n) is 5.29. The summed E-state index contributed by atoms with van der Waals surface area (Å²) in [5.41, 5.74) is 1.18. The smallest absolute Gasteiger partial charge is 0.262 e.